The topological polar surface area (TPSA) is 72.0 Å². The molecule has 1 heterocycles. The van der Waals surface area contributed by atoms with Crippen molar-refractivity contribution in [2.75, 3.05) is 19.0 Å². The van der Waals surface area contributed by atoms with Crippen LogP contribution in [0.5, 0.6) is 0 Å². The molecular formula is C18H22ClN2O3S+. The van der Waals surface area contributed by atoms with Crippen molar-refractivity contribution in [1.29, 1.82) is 0 Å². The Morgan fingerprint density at radius 1 is 1.28 bits per heavy atom. The lowest BCUT2D eigenvalue weighted by atomic mass is 10.1. The van der Waals surface area contributed by atoms with E-state index in [2.05, 4.69) is 5.32 Å². The fourth-order valence-electron chi connectivity index (χ4n) is 2.43. The van der Waals surface area contributed by atoms with Crippen LogP contribution in [0.25, 0.3) is 0 Å². The second-order valence-corrected chi connectivity index (χ2v) is 7.47. The Bertz CT molecular complexity index is 771. The van der Waals surface area contributed by atoms with Crippen molar-refractivity contribution in [2.45, 2.75) is 26.8 Å². The predicted molar refractivity (Wildman–Crippen MR) is 100 cm³/mol. The number of amides is 1. The van der Waals surface area contributed by atoms with E-state index >= 15 is 0 Å². The maximum absolute atomic E-state index is 12.3. The number of benzene rings is 1. The Morgan fingerprint density at radius 2 is 1.92 bits per heavy atom. The molecule has 0 saturated heterocycles. The molecule has 0 aliphatic carbocycles. The van der Waals surface area contributed by atoms with E-state index in [4.69, 9.17) is 16.3 Å². The molecule has 1 atom stereocenters. The number of esters is 1. The summed E-state index contributed by atoms with van der Waals surface area (Å²) >= 11 is 7.27. The average molecular weight is 382 g/mol. The Hall–Kier alpha value is -1.89. The number of nitrogens with two attached hydrogens (primary N) is 1. The number of nitrogens with one attached hydrogen (secondary N) is 1. The van der Waals surface area contributed by atoms with Crippen LogP contribution in [-0.4, -0.2) is 25.5 Å². The number of hydrogen-bond donors (Lipinski definition) is 2. The lowest BCUT2D eigenvalue weighted by molar-refractivity contribution is -0.682. The van der Waals surface area contributed by atoms with E-state index in [1.807, 2.05) is 50.4 Å². The van der Waals surface area contributed by atoms with Gasteiger partial charge in [0.05, 0.1) is 12.7 Å². The minimum atomic E-state index is -0.435. The zero-order valence-corrected chi connectivity index (χ0v) is 16.3. The zero-order valence-electron chi connectivity index (χ0n) is 14.7. The predicted octanol–water partition coefficient (Wildman–Crippen LogP) is 3.07. The van der Waals surface area contributed by atoms with Crippen LogP contribution in [-0.2, 0) is 9.53 Å². The van der Waals surface area contributed by atoms with Gasteiger partial charge in [-0.05, 0) is 38.5 Å². The summed E-state index contributed by atoms with van der Waals surface area (Å²) in [5.74, 6) is -0.595. The Balaban J connectivity index is 2.00. The summed E-state index contributed by atoms with van der Waals surface area (Å²) in [5, 5.41) is 5.99. The quantitative estimate of drug-likeness (QED) is 0.755. The van der Waals surface area contributed by atoms with Crippen molar-refractivity contribution in [1.82, 2.24) is 0 Å². The molecule has 1 aromatic heterocycles. The maximum Gasteiger partial charge on any atom is 0.341 e. The molecule has 3 N–H and O–H groups in total. The van der Waals surface area contributed by atoms with Crippen LogP contribution in [0.3, 0.4) is 0 Å². The van der Waals surface area contributed by atoms with Crippen molar-refractivity contribution >= 4 is 39.8 Å². The highest BCUT2D eigenvalue weighted by molar-refractivity contribution is 7.16. The summed E-state index contributed by atoms with van der Waals surface area (Å²) in [5.41, 5.74) is 2.37. The van der Waals surface area contributed by atoms with Gasteiger partial charge in [0, 0.05) is 15.5 Å². The normalized spacial score (nSPS) is 11.9. The summed E-state index contributed by atoms with van der Waals surface area (Å²) < 4.78 is 4.82. The van der Waals surface area contributed by atoms with E-state index in [9.17, 15) is 9.59 Å². The second-order valence-electron chi connectivity index (χ2n) is 5.81. The third-order valence-corrected chi connectivity index (χ3v) is 5.46. The molecule has 5 nitrogen and oxygen atoms in total. The Labute approximate surface area is 156 Å². The van der Waals surface area contributed by atoms with Gasteiger partial charge >= 0.3 is 5.97 Å². The van der Waals surface area contributed by atoms with Crippen LogP contribution in [0.15, 0.2) is 24.3 Å². The third-order valence-electron chi connectivity index (χ3n) is 4.08. The van der Waals surface area contributed by atoms with Crippen LogP contribution < -0.4 is 10.6 Å². The van der Waals surface area contributed by atoms with Gasteiger partial charge < -0.3 is 15.4 Å². The number of carbonyl (C=O) groups is 2. The highest BCUT2D eigenvalue weighted by Gasteiger charge is 2.22. The Kier molecular flexibility index (Phi) is 6.58. The molecule has 134 valence electrons. The molecule has 2 rings (SSSR count). The molecule has 0 saturated carbocycles. The number of quaternary nitrogens is 1. The average Bonchev–Trinajstić information content (AvgIpc) is 2.86. The van der Waals surface area contributed by atoms with Gasteiger partial charge in [-0.25, -0.2) is 4.79 Å². The van der Waals surface area contributed by atoms with Crippen molar-refractivity contribution in [3.63, 3.8) is 0 Å². The van der Waals surface area contributed by atoms with Gasteiger partial charge in [-0.2, -0.15) is 0 Å². The summed E-state index contributed by atoms with van der Waals surface area (Å²) in [4.78, 5) is 25.2. The first-order chi connectivity index (χ1) is 11.8. The first-order valence-electron chi connectivity index (χ1n) is 7.90. The van der Waals surface area contributed by atoms with Gasteiger partial charge in [-0.3, -0.25) is 4.79 Å². The summed E-state index contributed by atoms with van der Waals surface area (Å²) in [6.45, 7) is 6.04. The lowest BCUT2D eigenvalue weighted by Crippen LogP contribution is -2.86. The molecule has 1 amide bonds. The minimum Gasteiger partial charge on any atom is -0.465 e. The second kappa shape index (κ2) is 8.47. The summed E-state index contributed by atoms with van der Waals surface area (Å²) in [7, 11) is 1.34. The van der Waals surface area contributed by atoms with Gasteiger partial charge in [0.2, 0.25) is 0 Å². The number of carbonyl (C=O) groups excluding carboxylic acids is 2. The summed E-state index contributed by atoms with van der Waals surface area (Å²) in [6, 6.07) is 7.68. The molecule has 1 aromatic carbocycles. The van der Waals surface area contributed by atoms with Gasteiger partial charge in [-0.1, -0.05) is 23.7 Å². The van der Waals surface area contributed by atoms with Crippen LogP contribution in [0, 0.1) is 13.8 Å². The molecule has 0 spiro atoms. The molecule has 25 heavy (non-hydrogen) atoms. The molecular weight excluding hydrogens is 360 g/mol. The van der Waals surface area contributed by atoms with Gasteiger partial charge in [-0.15, -0.1) is 11.3 Å². The number of aryl methyl sites for hydroxylation is 1. The molecule has 0 bridgehead atoms. The number of thiophene rings is 1. The van der Waals surface area contributed by atoms with E-state index < -0.39 is 5.97 Å². The number of rotatable bonds is 6. The minimum absolute atomic E-state index is 0.120. The van der Waals surface area contributed by atoms with E-state index in [1.54, 1.807) is 0 Å². The Morgan fingerprint density at radius 3 is 2.52 bits per heavy atom. The van der Waals surface area contributed by atoms with Crippen LogP contribution in [0.1, 0.15) is 39.3 Å². The summed E-state index contributed by atoms with van der Waals surface area (Å²) in [6.07, 6.45) is 0. The molecule has 0 aliphatic rings. The van der Waals surface area contributed by atoms with Crippen LogP contribution >= 0.6 is 22.9 Å². The third kappa shape index (κ3) is 4.81. The largest absolute Gasteiger partial charge is 0.465 e. The van der Waals surface area contributed by atoms with Gasteiger partial charge in [0.25, 0.3) is 5.91 Å². The smallest absolute Gasteiger partial charge is 0.341 e. The maximum atomic E-state index is 12.3. The van der Waals surface area contributed by atoms with Crippen molar-refractivity contribution < 1.29 is 19.6 Å². The monoisotopic (exact) mass is 381 g/mol. The standard InChI is InChI=1S/C18H21ClN2O3S/c1-10-12(3)25-17(16(10)18(23)24-4)21-15(22)9-20-11(2)13-5-7-14(19)8-6-13/h5-8,11,20H,9H2,1-4H3,(H,21,22)/p+1/t11-/m1/s1. The molecule has 0 radical (unpaired) electrons. The fourth-order valence-corrected chi connectivity index (χ4v) is 3.62. The highest BCUT2D eigenvalue weighted by atomic mass is 35.5. The molecule has 7 heteroatoms. The van der Waals surface area contributed by atoms with E-state index in [-0.39, 0.29) is 18.5 Å². The van der Waals surface area contributed by atoms with E-state index in [1.165, 1.54) is 18.4 Å². The molecule has 0 aliphatic heterocycles. The number of halogens is 1. The first kappa shape index (κ1) is 19.4. The number of methoxy groups -OCH3 is 1. The highest BCUT2D eigenvalue weighted by Crippen LogP contribution is 2.32. The number of anilines is 1. The van der Waals surface area contributed by atoms with Gasteiger partial charge in [0.15, 0.2) is 6.54 Å². The van der Waals surface area contributed by atoms with Crippen LogP contribution in [0.2, 0.25) is 5.02 Å². The molecule has 0 fully saturated rings. The van der Waals surface area contributed by atoms with Crippen molar-refractivity contribution in [3.8, 4) is 0 Å². The van der Waals surface area contributed by atoms with Crippen molar-refractivity contribution in [3.05, 3.63) is 50.9 Å². The first-order valence-corrected chi connectivity index (χ1v) is 9.09. The number of ether oxygens (including phenoxy) is 1. The van der Waals surface area contributed by atoms with E-state index in [0.717, 1.165) is 16.0 Å². The van der Waals surface area contributed by atoms with Crippen LogP contribution in [0.4, 0.5) is 5.00 Å². The fraction of sp³-hybridized carbons (Fsp3) is 0.333. The van der Waals surface area contributed by atoms with Crippen molar-refractivity contribution in [2.24, 2.45) is 0 Å². The van der Waals surface area contributed by atoms with E-state index in [0.29, 0.717) is 15.6 Å². The lowest BCUT2D eigenvalue weighted by Gasteiger charge is -2.11. The molecule has 2 aromatic rings. The molecule has 0 unspecified atom stereocenters. The number of hydrogen-bond acceptors (Lipinski definition) is 4. The SMILES string of the molecule is COC(=O)c1c(NC(=O)C[NH2+][C@H](C)c2ccc(Cl)cc2)sc(C)c1C. The zero-order chi connectivity index (χ0) is 18.6. The van der Waals surface area contributed by atoms with Gasteiger partial charge in [0.1, 0.15) is 11.0 Å².